The summed E-state index contributed by atoms with van der Waals surface area (Å²) in [6, 6.07) is 18.4. The Kier molecular flexibility index (Phi) is 11.0. The number of halogens is 1. The van der Waals surface area contributed by atoms with E-state index in [0.29, 0.717) is 53.6 Å². The van der Waals surface area contributed by atoms with E-state index < -0.39 is 11.8 Å². The van der Waals surface area contributed by atoms with Crippen molar-refractivity contribution in [1.82, 2.24) is 14.5 Å². The summed E-state index contributed by atoms with van der Waals surface area (Å²) in [5.74, 6) is 0.0793. The van der Waals surface area contributed by atoms with Gasteiger partial charge in [0.25, 0.3) is 0 Å². The fraction of sp³-hybridized carbons (Fsp3) is 0.314. The van der Waals surface area contributed by atoms with E-state index in [2.05, 4.69) is 20.5 Å². The lowest BCUT2D eigenvalue weighted by Gasteiger charge is -2.31. The molecule has 1 amide bonds. The molecule has 0 spiro atoms. The number of piperidine rings is 1. The van der Waals surface area contributed by atoms with E-state index in [9.17, 15) is 14.0 Å². The fourth-order valence-corrected chi connectivity index (χ4v) is 5.31. The van der Waals surface area contributed by atoms with Crippen LogP contribution in [0.1, 0.15) is 46.9 Å². The maximum absolute atomic E-state index is 14.2. The SMILES string of the molecule is CCn1cncc1CNc1cc(C(=O)OC)ccc1NC(=O)CN1CCC(Oc2cccc(OCc3ccc(C#N)cc3F)c2)CC1. The molecule has 0 atom stereocenters. The average molecular weight is 641 g/mol. The van der Waals surface area contributed by atoms with E-state index in [-0.39, 0.29) is 30.7 Å². The van der Waals surface area contributed by atoms with Crippen molar-refractivity contribution < 1.29 is 28.2 Å². The molecule has 3 aromatic carbocycles. The van der Waals surface area contributed by atoms with Crippen LogP contribution in [0.2, 0.25) is 0 Å². The van der Waals surface area contributed by atoms with E-state index in [0.717, 1.165) is 25.1 Å². The van der Waals surface area contributed by atoms with Crippen LogP contribution in [-0.4, -0.2) is 59.2 Å². The summed E-state index contributed by atoms with van der Waals surface area (Å²) < 4.78 is 33.1. The third-order valence-electron chi connectivity index (χ3n) is 7.90. The van der Waals surface area contributed by atoms with Crippen molar-refractivity contribution in [2.45, 2.75) is 45.6 Å². The molecule has 0 unspecified atom stereocenters. The van der Waals surface area contributed by atoms with Crippen LogP contribution in [0.25, 0.3) is 0 Å². The molecular weight excluding hydrogens is 603 g/mol. The van der Waals surface area contributed by atoms with Gasteiger partial charge in [0.15, 0.2) is 0 Å². The molecule has 0 saturated carbocycles. The molecule has 244 valence electrons. The van der Waals surface area contributed by atoms with Gasteiger partial charge in [0, 0.05) is 37.5 Å². The lowest BCUT2D eigenvalue weighted by molar-refractivity contribution is -0.117. The number of ether oxygens (including phenoxy) is 3. The highest BCUT2D eigenvalue weighted by Gasteiger charge is 2.23. The molecule has 2 heterocycles. The van der Waals surface area contributed by atoms with Crippen molar-refractivity contribution in [3.05, 3.63) is 101 Å². The second-order valence-corrected chi connectivity index (χ2v) is 11.1. The summed E-state index contributed by atoms with van der Waals surface area (Å²) in [5.41, 5.74) is 3.12. The number of benzene rings is 3. The minimum Gasteiger partial charge on any atom is -0.490 e. The molecule has 4 aromatic rings. The zero-order chi connectivity index (χ0) is 33.2. The number of aromatic nitrogens is 2. The summed E-state index contributed by atoms with van der Waals surface area (Å²) in [6.45, 7) is 4.86. The third kappa shape index (κ3) is 8.86. The van der Waals surface area contributed by atoms with Crippen LogP contribution in [-0.2, 0) is 29.2 Å². The second-order valence-electron chi connectivity index (χ2n) is 11.1. The number of nitrogens with one attached hydrogen (secondary N) is 2. The van der Waals surface area contributed by atoms with Crippen LogP contribution in [0.4, 0.5) is 15.8 Å². The summed E-state index contributed by atoms with van der Waals surface area (Å²) in [6.07, 6.45) is 4.98. The number of esters is 1. The van der Waals surface area contributed by atoms with Crippen LogP contribution in [0.5, 0.6) is 11.5 Å². The summed E-state index contributed by atoms with van der Waals surface area (Å²) in [5, 5.41) is 15.2. The Hall–Kier alpha value is -5.41. The number of aryl methyl sites for hydroxylation is 1. The lowest BCUT2D eigenvalue weighted by Crippen LogP contribution is -2.42. The Balaban J connectivity index is 1.12. The Morgan fingerprint density at radius 2 is 1.87 bits per heavy atom. The summed E-state index contributed by atoms with van der Waals surface area (Å²) in [4.78, 5) is 31.5. The van der Waals surface area contributed by atoms with Crippen molar-refractivity contribution in [3.8, 4) is 17.6 Å². The monoisotopic (exact) mass is 640 g/mol. The standard InChI is InChI=1S/C35H37FN6O5/c1-3-42-23-38-19-27(42)20-39-33-16-25(35(44)45-2)9-10-32(33)40-34(43)21-41-13-11-28(12-14-41)47-30-6-4-5-29(17-30)46-22-26-8-7-24(18-37)15-31(26)36/h4-10,15-17,19,23,28,39H,3,11-14,20-22H2,1-2H3,(H,40,43). The molecule has 47 heavy (non-hydrogen) atoms. The first-order valence-corrected chi connectivity index (χ1v) is 15.4. The van der Waals surface area contributed by atoms with Gasteiger partial charge in [-0.15, -0.1) is 0 Å². The Morgan fingerprint density at radius 3 is 2.62 bits per heavy atom. The molecular formula is C35H37FN6O5. The van der Waals surface area contributed by atoms with Gasteiger partial charge in [-0.05, 0) is 62.2 Å². The molecule has 12 heteroatoms. The lowest BCUT2D eigenvalue weighted by atomic mass is 10.1. The molecule has 1 fully saturated rings. The second kappa shape index (κ2) is 15.7. The topological polar surface area (TPSA) is 131 Å². The molecule has 0 bridgehead atoms. The predicted octanol–water partition coefficient (Wildman–Crippen LogP) is 5.37. The molecule has 5 rings (SSSR count). The van der Waals surface area contributed by atoms with Gasteiger partial charge in [0.2, 0.25) is 5.91 Å². The van der Waals surface area contributed by atoms with Gasteiger partial charge in [-0.1, -0.05) is 12.1 Å². The van der Waals surface area contributed by atoms with Gasteiger partial charge in [-0.2, -0.15) is 5.26 Å². The van der Waals surface area contributed by atoms with Crippen LogP contribution in [0.15, 0.2) is 73.2 Å². The van der Waals surface area contributed by atoms with Crippen molar-refractivity contribution >= 4 is 23.3 Å². The molecule has 11 nitrogen and oxygen atoms in total. The Morgan fingerprint density at radius 1 is 1.06 bits per heavy atom. The highest BCUT2D eigenvalue weighted by molar-refractivity contribution is 5.98. The molecule has 1 aromatic heterocycles. The number of hydrogen-bond acceptors (Lipinski definition) is 9. The van der Waals surface area contributed by atoms with Gasteiger partial charge in [0.1, 0.15) is 30.0 Å². The van der Waals surface area contributed by atoms with E-state index in [4.69, 9.17) is 19.5 Å². The number of nitriles is 1. The van der Waals surface area contributed by atoms with Crippen LogP contribution in [0.3, 0.4) is 0 Å². The number of likely N-dealkylation sites (tertiary alicyclic amines) is 1. The zero-order valence-corrected chi connectivity index (χ0v) is 26.4. The Labute approximate surface area is 272 Å². The van der Waals surface area contributed by atoms with Crippen LogP contribution in [0, 0.1) is 17.1 Å². The van der Waals surface area contributed by atoms with Gasteiger partial charge in [-0.25, -0.2) is 14.2 Å². The number of nitrogens with zero attached hydrogens (tertiary/aromatic N) is 4. The summed E-state index contributed by atoms with van der Waals surface area (Å²) >= 11 is 0. The number of methoxy groups -OCH3 is 1. The van der Waals surface area contributed by atoms with Crippen molar-refractivity contribution in [2.75, 3.05) is 37.4 Å². The zero-order valence-electron chi connectivity index (χ0n) is 26.4. The van der Waals surface area contributed by atoms with Crippen molar-refractivity contribution in [1.29, 1.82) is 5.26 Å². The highest BCUT2D eigenvalue weighted by atomic mass is 19.1. The fourth-order valence-electron chi connectivity index (χ4n) is 5.31. The van der Waals surface area contributed by atoms with Gasteiger partial charge in [0.05, 0.1) is 60.8 Å². The van der Waals surface area contributed by atoms with E-state index >= 15 is 0 Å². The number of anilines is 2. The molecule has 0 aliphatic carbocycles. The molecule has 1 aliphatic rings. The molecule has 1 saturated heterocycles. The maximum atomic E-state index is 14.2. The van der Waals surface area contributed by atoms with Crippen molar-refractivity contribution in [2.24, 2.45) is 0 Å². The number of hydrogen-bond donors (Lipinski definition) is 2. The first kappa shape index (κ1) is 33.0. The minimum absolute atomic E-state index is 0.0267. The predicted molar refractivity (Wildman–Crippen MR) is 174 cm³/mol. The molecule has 0 radical (unpaired) electrons. The van der Waals surface area contributed by atoms with Gasteiger partial charge >= 0.3 is 5.97 Å². The smallest absolute Gasteiger partial charge is 0.337 e. The minimum atomic E-state index is -0.485. The van der Waals surface area contributed by atoms with E-state index in [1.807, 2.05) is 29.7 Å². The van der Waals surface area contributed by atoms with Crippen LogP contribution < -0.4 is 20.1 Å². The number of carbonyl (C=O) groups is 2. The van der Waals surface area contributed by atoms with Gasteiger partial charge in [-0.3, -0.25) is 9.69 Å². The Bertz CT molecular complexity index is 1740. The van der Waals surface area contributed by atoms with Crippen molar-refractivity contribution in [3.63, 3.8) is 0 Å². The first-order valence-electron chi connectivity index (χ1n) is 15.4. The maximum Gasteiger partial charge on any atom is 0.337 e. The third-order valence-corrected chi connectivity index (χ3v) is 7.90. The van der Waals surface area contributed by atoms with Crippen LogP contribution >= 0.6 is 0 Å². The number of imidazole rings is 1. The van der Waals surface area contributed by atoms with Gasteiger partial charge < -0.3 is 29.4 Å². The first-order chi connectivity index (χ1) is 22.8. The number of rotatable bonds is 13. The number of amides is 1. The van der Waals surface area contributed by atoms with E-state index in [1.165, 1.54) is 13.2 Å². The highest BCUT2D eigenvalue weighted by Crippen LogP contribution is 2.27. The normalized spacial score (nSPS) is 13.4. The molecule has 1 aliphatic heterocycles. The number of carbonyl (C=O) groups excluding carboxylic acids is 2. The largest absolute Gasteiger partial charge is 0.490 e. The summed E-state index contributed by atoms with van der Waals surface area (Å²) in [7, 11) is 1.33. The average Bonchev–Trinajstić information content (AvgIpc) is 3.55. The van der Waals surface area contributed by atoms with E-state index in [1.54, 1.807) is 55.0 Å². The molecule has 2 N–H and O–H groups in total. The quantitative estimate of drug-likeness (QED) is 0.185.